The second kappa shape index (κ2) is 10.9. The molecule has 1 saturated heterocycles. The Hall–Kier alpha value is -3.48. The summed E-state index contributed by atoms with van der Waals surface area (Å²) in [6.07, 6.45) is 3.14. The molecule has 2 aromatic rings. The number of likely N-dealkylation sites (tertiary alicyclic amines) is 1. The van der Waals surface area contributed by atoms with Gasteiger partial charge in [0.05, 0.1) is 5.71 Å². The van der Waals surface area contributed by atoms with Crippen LogP contribution in [0.5, 0.6) is 0 Å². The number of carbonyl (C=O) groups excluding carboxylic acids is 3. The van der Waals surface area contributed by atoms with Crippen molar-refractivity contribution in [1.29, 1.82) is 0 Å². The van der Waals surface area contributed by atoms with E-state index in [1.54, 1.807) is 0 Å². The molecular formula is C23H25N3O4. The Labute approximate surface area is 175 Å². The Kier molecular flexibility index (Phi) is 7.71. The summed E-state index contributed by atoms with van der Waals surface area (Å²) in [7, 11) is 0. The van der Waals surface area contributed by atoms with Crippen molar-refractivity contribution in [2.45, 2.75) is 25.7 Å². The van der Waals surface area contributed by atoms with Crippen LogP contribution in [0.2, 0.25) is 0 Å². The first-order valence-electron chi connectivity index (χ1n) is 10.0. The summed E-state index contributed by atoms with van der Waals surface area (Å²) in [5.74, 6) is -1.19. The molecule has 30 heavy (non-hydrogen) atoms. The van der Waals surface area contributed by atoms with Crippen LogP contribution in [0.1, 0.15) is 36.8 Å². The standard InChI is InChI=1S/C23H25N3O4/c27-20(17-30-22(29)16-26-15-9-3-8-14-21(26)28)24-25-23(18-10-4-1-5-11-18)19-12-6-2-7-13-19/h1-2,4-7,10-13H,3,8-9,14-17H2,(H,24,27). The molecule has 3 rings (SSSR count). The van der Waals surface area contributed by atoms with Gasteiger partial charge < -0.3 is 9.64 Å². The van der Waals surface area contributed by atoms with Gasteiger partial charge in [0.15, 0.2) is 6.61 Å². The molecule has 0 bridgehead atoms. The van der Waals surface area contributed by atoms with E-state index >= 15 is 0 Å². The van der Waals surface area contributed by atoms with Gasteiger partial charge in [-0.3, -0.25) is 14.4 Å². The van der Waals surface area contributed by atoms with Crippen LogP contribution in [0, 0.1) is 0 Å². The number of rotatable bonds is 7. The van der Waals surface area contributed by atoms with E-state index in [1.165, 1.54) is 4.90 Å². The maximum absolute atomic E-state index is 12.2. The normalized spacial score (nSPS) is 13.9. The second-order valence-electron chi connectivity index (χ2n) is 7.01. The number of benzene rings is 2. The summed E-state index contributed by atoms with van der Waals surface area (Å²) in [4.78, 5) is 37.6. The van der Waals surface area contributed by atoms with E-state index in [0.717, 1.165) is 30.4 Å². The fourth-order valence-electron chi connectivity index (χ4n) is 3.19. The lowest BCUT2D eigenvalue weighted by molar-refractivity contribution is -0.152. The zero-order valence-electron chi connectivity index (χ0n) is 16.8. The summed E-state index contributed by atoms with van der Waals surface area (Å²) in [5, 5.41) is 4.24. The van der Waals surface area contributed by atoms with E-state index in [9.17, 15) is 14.4 Å². The molecular weight excluding hydrogens is 382 g/mol. The Bertz CT molecular complexity index is 856. The minimum Gasteiger partial charge on any atom is -0.454 e. The maximum atomic E-state index is 12.2. The lowest BCUT2D eigenvalue weighted by atomic mass is 10.0. The third kappa shape index (κ3) is 6.27. The Morgan fingerprint density at radius 2 is 1.57 bits per heavy atom. The number of carbonyl (C=O) groups is 3. The van der Waals surface area contributed by atoms with Gasteiger partial charge in [0, 0.05) is 24.1 Å². The number of nitrogens with one attached hydrogen (secondary N) is 1. The minimum atomic E-state index is -0.601. The largest absolute Gasteiger partial charge is 0.454 e. The number of hydrogen-bond acceptors (Lipinski definition) is 5. The van der Waals surface area contributed by atoms with Gasteiger partial charge in [0.25, 0.3) is 5.91 Å². The van der Waals surface area contributed by atoms with Gasteiger partial charge in [-0.05, 0) is 12.8 Å². The number of nitrogens with zero attached hydrogens (tertiary/aromatic N) is 2. The first-order chi connectivity index (χ1) is 14.6. The molecule has 1 heterocycles. The molecule has 0 atom stereocenters. The molecule has 0 aliphatic carbocycles. The zero-order chi connectivity index (χ0) is 21.2. The van der Waals surface area contributed by atoms with E-state index in [4.69, 9.17) is 4.74 Å². The smallest absolute Gasteiger partial charge is 0.326 e. The fourth-order valence-corrected chi connectivity index (χ4v) is 3.19. The molecule has 7 nitrogen and oxygen atoms in total. The monoisotopic (exact) mass is 407 g/mol. The number of hydrazone groups is 1. The molecule has 2 aromatic carbocycles. The van der Waals surface area contributed by atoms with Crippen molar-refractivity contribution in [2.75, 3.05) is 19.7 Å². The van der Waals surface area contributed by atoms with Crippen molar-refractivity contribution in [1.82, 2.24) is 10.3 Å². The average molecular weight is 407 g/mol. The van der Waals surface area contributed by atoms with Gasteiger partial charge in [-0.15, -0.1) is 0 Å². The van der Waals surface area contributed by atoms with E-state index < -0.39 is 18.5 Å². The van der Waals surface area contributed by atoms with Crippen molar-refractivity contribution in [3.63, 3.8) is 0 Å². The number of esters is 1. The predicted octanol–water partition coefficient (Wildman–Crippen LogP) is 2.50. The first kappa shape index (κ1) is 21.2. The van der Waals surface area contributed by atoms with Crippen molar-refractivity contribution in [3.05, 3.63) is 71.8 Å². The van der Waals surface area contributed by atoms with Crippen LogP contribution in [0.3, 0.4) is 0 Å². The quantitative estimate of drug-likeness (QED) is 0.434. The molecule has 0 unspecified atom stereocenters. The first-order valence-corrected chi connectivity index (χ1v) is 10.0. The molecule has 0 saturated carbocycles. The van der Waals surface area contributed by atoms with Crippen molar-refractivity contribution in [2.24, 2.45) is 5.10 Å². The summed E-state index contributed by atoms with van der Waals surface area (Å²) < 4.78 is 5.03. The van der Waals surface area contributed by atoms with E-state index in [2.05, 4.69) is 10.5 Å². The van der Waals surface area contributed by atoms with Crippen LogP contribution < -0.4 is 5.43 Å². The van der Waals surface area contributed by atoms with Crippen LogP contribution >= 0.6 is 0 Å². The molecule has 1 aliphatic rings. The molecule has 2 amide bonds. The molecule has 0 spiro atoms. The highest BCUT2D eigenvalue weighted by Gasteiger charge is 2.20. The van der Waals surface area contributed by atoms with E-state index in [-0.39, 0.29) is 12.5 Å². The highest BCUT2D eigenvalue weighted by Crippen LogP contribution is 2.11. The SMILES string of the molecule is O=C(COC(=O)CN1CCCCCC1=O)NN=C(c1ccccc1)c1ccccc1. The number of amides is 2. The predicted molar refractivity (Wildman–Crippen MR) is 113 cm³/mol. The van der Waals surface area contributed by atoms with Crippen molar-refractivity contribution >= 4 is 23.5 Å². The van der Waals surface area contributed by atoms with Crippen LogP contribution in [0.25, 0.3) is 0 Å². The van der Waals surface area contributed by atoms with Gasteiger partial charge >= 0.3 is 5.97 Å². The summed E-state index contributed by atoms with van der Waals surface area (Å²) in [6, 6.07) is 19.0. The van der Waals surface area contributed by atoms with Crippen LogP contribution in [-0.4, -0.2) is 48.1 Å². The lowest BCUT2D eigenvalue weighted by Gasteiger charge is -2.19. The fraction of sp³-hybridized carbons (Fsp3) is 0.304. The molecule has 0 aromatic heterocycles. The van der Waals surface area contributed by atoms with E-state index in [1.807, 2.05) is 60.7 Å². The highest BCUT2D eigenvalue weighted by molar-refractivity contribution is 6.13. The van der Waals surface area contributed by atoms with E-state index in [0.29, 0.717) is 18.7 Å². The molecule has 1 fully saturated rings. The zero-order valence-corrected chi connectivity index (χ0v) is 16.8. The van der Waals surface area contributed by atoms with Gasteiger partial charge in [0.1, 0.15) is 6.54 Å². The van der Waals surface area contributed by atoms with Gasteiger partial charge in [-0.25, -0.2) is 5.43 Å². The second-order valence-corrected chi connectivity index (χ2v) is 7.01. The molecule has 7 heteroatoms. The van der Waals surface area contributed by atoms with Crippen molar-refractivity contribution in [3.8, 4) is 0 Å². The Morgan fingerprint density at radius 1 is 0.933 bits per heavy atom. The molecule has 1 N–H and O–H groups in total. The highest BCUT2D eigenvalue weighted by atomic mass is 16.5. The van der Waals surface area contributed by atoms with Crippen molar-refractivity contribution < 1.29 is 19.1 Å². The molecule has 156 valence electrons. The van der Waals surface area contributed by atoms with Gasteiger partial charge in [0.2, 0.25) is 5.91 Å². The Morgan fingerprint density at radius 3 is 2.20 bits per heavy atom. The van der Waals surface area contributed by atoms with Gasteiger partial charge in [-0.2, -0.15) is 5.10 Å². The topological polar surface area (TPSA) is 88.1 Å². The van der Waals surface area contributed by atoms with Crippen LogP contribution in [0.15, 0.2) is 65.8 Å². The molecule has 1 aliphatic heterocycles. The van der Waals surface area contributed by atoms with Crippen LogP contribution in [0.4, 0.5) is 0 Å². The maximum Gasteiger partial charge on any atom is 0.326 e. The Balaban J connectivity index is 1.56. The summed E-state index contributed by atoms with van der Waals surface area (Å²) in [5.41, 5.74) is 4.75. The van der Waals surface area contributed by atoms with Gasteiger partial charge in [-0.1, -0.05) is 67.1 Å². The third-order valence-electron chi connectivity index (χ3n) is 4.74. The average Bonchev–Trinajstić information content (AvgIpc) is 2.98. The third-order valence-corrected chi connectivity index (χ3v) is 4.74. The number of hydrogen-bond donors (Lipinski definition) is 1. The molecule has 0 radical (unpaired) electrons. The van der Waals surface area contributed by atoms with Crippen LogP contribution in [-0.2, 0) is 19.1 Å². The summed E-state index contributed by atoms with van der Waals surface area (Å²) in [6.45, 7) is -0.0438. The summed E-state index contributed by atoms with van der Waals surface area (Å²) >= 11 is 0. The number of ether oxygens (including phenoxy) is 1. The lowest BCUT2D eigenvalue weighted by Crippen LogP contribution is -2.37. The minimum absolute atomic E-state index is 0.0473.